The van der Waals surface area contributed by atoms with E-state index in [4.69, 9.17) is 4.74 Å². The highest BCUT2D eigenvalue weighted by atomic mass is 16.5. The number of amides is 1. The van der Waals surface area contributed by atoms with Gasteiger partial charge in [0.2, 0.25) is 0 Å². The van der Waals surface area contributed by atoms with Gasteiger partial charge in [-0.05, 0) is 24.1 Å². The van der Waals surface area contributed by atoms with Gasteiger partial charge < -0.3 is 19.3 Å². The van der Waals surface area contributed by atoms with Gasteiger partial charge in [0, 0.05) is 26.4 Å². The molecule has 1 aliphatic rings. The number of nitrogens with zero attached hydrogens (tertiary/aromatic N) is 2. The second-order valence-corrected chi connectivity index (χ2v) is 5.92. The van der Waals surface area contributed by atoms with Gasteiger partial charge in [-0.25, -0.2) is 0 Å². The van der Waals surface area contributed by atoms with Gasteiger partial charge in [-0.3, -0.25) is 4.79 Å². The fourth-order valence-electron chi connectivity index (χ4n) is 3.24. The Labute approximate surface area is 136 Å². The monoisotopic (exact) mass is 314 g/mol. The van der Waals surface area contributed by atoms with Crippen LogP contribution in [0.15, 0.2) is 42.5 Å². The van der Waals surface area contributed by atoms with E-state index < -0.39 is 0 Å². The molecular formula is C18H22N2O3. The van der Waals surface area contributed by atoms with Crippen molar-refractivity contribution in [2.24, 2.45) is 7.05 Å². The minimum Gasteiger partial charge on any atom is -0.394 e. The highest BCUT2D eigenvalue weighted by Gasteiger charge is 2.36. The molecule has 0 saturated carbocycles. The van der Waals surface area contributed by atoms with Crippen molar-refractivity contribution in [1.29, 1.82) is 0 Å². The maximum Gasteiger partial charge on any atom is 0.270 e. The molecule has 23 heavy (non-hydrogen) atoms. The van der Waals surface area contributed by atoms with Crippen LogP contribution in [0, 0.1) is 0 Å². The maximum absolute atomic E-state index is 12.9. The lowest BCUT2D eigenvalue weighted by molar-refractivity contribution is 0.0639. The van der Waals surface area contributed by atoms with Crippen molar-refractivity contribution in [2.45, 2.75) is 18.6 Å². The molecule has 0 unspecified atom stereocenters. The molecule has 1 fully saturated rings. The number of hydrogen-bond acceptors (Lipinski definition) is 3. The molecule has 2 aromatic rings. The van der Waals surface area contributed by atoms with Crippen LogP contribution in [0.4, 0.5) is 0 Å². The summed E-state index contributed by atoms with van der Waals surface area (Å²) in [5.41, 5.74) is 2.69. The zero-order chi connectivity index (χ0) is 16.4. The van der Waals surface area contributed by atoms with E-state index in [2.05, 4.69) is 0 Å². The zero-order valence-electron chi connectivity index (χ0n) is 13.5. The smallest absolute Gasteiger partial charge is 0.270 e. The summed E-state index contributed by atoms with van der Waals surface area (Å²) in [6, 6.07) is 13.6. The van der Waals surface area contributed by atoms with Crippen molar-refractivity contribution in [3.8, 4) is 11.3 Å². The molecule has 5 heteroatoms. The molecule has 0 bridgehead atoms. The molecule has 2 heterocycles. The molecule has 0 spiro atoms. The molecule has 3 rings (SSSR count). The standard InChI is InChI=1S/C18H22N2O3/c1-19-16(13-6-4-3-5-7-13)8-9-17(19)18(22)20-11-15(23-2)10-14(20)12-21/h3-9,14-15,21H,10-12H2,1-2H3/t14-,15+/m0/s1. The molecule has 1 aliphatic heterocycles. The van der Waals surface area contributed by atoms with E-state index in [-0.39, 0.29) is 24.7 Å². The highest BCUT2D eigenvalue weighted by Crippen LogP contribution is 2.25. The minimum atomic E-state index is -0.178. The first kappa shape index (κ1) is 15.8. The number of ether oxygens (including phenoxy) is 1. The van der Waals surface area contributed by atoms with Crippen LogP contribution in [0.25, 0.3) is 11.3 Å². The molecule has 122 valence electrons. The van der Waals surface area contributed by atoms with Gasteiger partial charge in [-0.1, -0.05) is 30.3 Å². The van der Waals surface area contributed by atoms with E-state index in [1.165, 1.54) is 0 Å². The number of carbonyl (C=O) groups excluding carboxylic acids is 1. The summed E-state index contributed by atoms with van der Waals surface area (Å²) in [5, 5.41) is 9.54. The van der Waals surface area contributed by atoms with Crippen LogP contribution in [0.1, 0.15) is 16.9 Å². The molecule has 5 nitrogen and oxygen atoms in total. The van der Waals surface area contributed by atoms with Crippen LogP contribution >= 0.6 is 0 Å². The molecule has 1 N–H and O–H groups in total. The Kier molecular flexibility index (Phi) is 4.50. The first-order chi connectivity index (χ1) is 11.2. The summed E-state index contributed by atoms with van der Waals surface area (Å²) in [6.07, 6.45) is 0.666. The first-order valence-electron chi connectivity index (χ1n) is 7.81. The van der Waals surface area contributed by atoms with Gasteiger partial charge in [0.15, 0.2) is 0 Å². The van der Waals surface area contributed by atoms with Crippen LogP contribution in [0.5, 0.6) is 0 Å². The van der Waals surface area contributed by atoms with Gasteiger partial charge in [-0.15, -0.1) is 0 Å². The fraction of sp³-hybridized carbons (Fsp3) is 0.389. The third kappa shape index (κ3) is 2.90. The van der Waals surface area contributed by atoms with Gasteiger partial charge in [0.25, 0.3) is 5.91 Å². The third-order valence-corrected chi connectivity index (χ3v) is 4.59. The summed E-state index contributed by atoms with van der Waals surface area (Å²) >= 11 is 0. The normalized spacial score (nSPS) is 20.9. The van der Waals surface area contributed by atoms with Crippen molar-refractivity contribution in [3.63, 3.8) is 0 Å². The van der Waals surface area contributed by atoms with Crippen molar-refractivity contribution < 1.29 is 14.6 Å². The number of benzene rings is 1. The number of aliphatic hydroxyl groups is 1. The number of rotatable bonds is 4. The van der Waals surface area contributed by atoms with E-state index in [1.807, 2.05) is 54.1 Å². The van der Waals surface area contributed by atoms with Gasteiger partial charge in [0.1, 0.15) is 5.69 Å². The third-order valence-electron chi connectivity index (χ3n) is 4.59. The van der Waals surface area contributed by atoms with E-state index in [0.29, 0.717) is 18.7 Å². The lowest BCUT2D eigenvalue weighted by Crippen LogP contribution is -2.38. The zero-order valence-corrected chi connectivity index (χ0v) is 13.5. The van der Waals surface area contributed by atoms with E-state index in [0.717, 1.165) is 11.3 Å². The fourth-order valence-corrected chi connectivity index (χ4v) is 3.24. The Morgan fingerprint density at radius 2 is 2.00 bits per heavy atom. The minimum absolute atomic E-state index is 0.00929. The van der Waals surface area contributed by atoms with Crippen molar-refractivity contribution >= 4 is 5.91 Å². The summed E-state index contributed by atoms with van der Waals surface area (Å²) in [5.74, 6) is -0.0618. The molecular weight excluding hydrogens is 292 g/mol. The molecule has 1 amide bonds. The van der Waals surface area contributed by atoms with Crippen LogP contribution in [-0.2, 0) is 11.8 Å². The van der Waals surface area contributed by atoms with E-state index in [1.54, 1.807) is 12.0 Å². The van der Waals surface area contributed by atoms with Gasteiger partial charge >= 0.3 is 0 Å². The quantitative estimate of drug-likeness (QED) is 0.938. The van der Waals surface area contributed by atoms with Crippen molar-refractivity contribution in [3.05, 3.63) is 48.2 Å². The highest BCUT2D eigenvalue weighted by molar-refractivity contribution is 5.94. The summed E-state index contributed by atoms with van der Waals surface area (Å²) in [6.45, 7) is 0.480. The van der Waals surface area contributed by atoms with Gasteiger partial charge in [0.05, 0.1) is 18.8 Å². The number of methoxy groups -OCH3 is 1. The molecule has 0 aliphatic carbocycles. The number of aliphatic hydroxyl groups excluding tert-OH is 1. The summed E-state index contributed by atoms with van der Waals surface area (Å²) in [4.78, 5) is 14.6. The number of aromatic nitrogens is 1. The average Bonchev–Trinajstić information content (AvgIpc) is 3.18. The van der Waals surface area contributed by atoms with E-state index in [9.17, 15) is 9.90 Å². The molecule has 2 atom stereocenters. The van der Waals surface area contributed by atoms with Crippen molar-refractivity contribution in [1.82, 2.24) is 9.47 Å². The Morgan fingerprint density at radius 1 is 1.26 bits per heavy atom. The van der Waals surface area contributed by atoms with Crippen LogP contribution in [0.2, 0.25) is 0 Å². The van der Waals surface area contributed by atoms with Crippen LogP contribution < -0.4 is 0 Å². The van der Waals surface area contributed by atoms with Crippen molar-refractivity contribution in [2.75, 3.05) is 20.3 Å². The Hall–Kier alpha value is -2.11. The Bertz CT molecular complexity index is 681. The molecule has 1 aromatic heterocycles. The first-order valence-corrected chi connectivity index (χ1v) is 7.81. The number of likely N-dealkylation sites (tertiary alicyclic amines) is 1. The average molecular weight is 314 g/mol. The molecule has 1 saturated heterocycles. The SMILES string of the molecule is CO[C@@H]1C[C@@H](CO)N(C(=O)c2ccc(-c3ccccc3)n2C)C1. The predicted octanol–water partition coefficient (Wildman–Crippen LogP) is 1.91. The Balaban J connectivity index is 1.88. The Morgan fingerprint density at radius 3 is 2.65 bits per heavy atom. The lowest BCUT2D eigenvalue weighted by Gasteiger charge is -2.23. The van der Waals surface area contributed by atoms with Gasteiger partial charge in [-0.2, -0.15) is 0 Å². The molecule has 0 radical (unpaired) electrons. The maximum atomic E-state index is 12.9. The van der Waals surface area contributed by atoms with E-state index >= 15 is 0 Å². The molecule has 1 aromatic carbocycles. The lowest BCUT2D eigenvalue weighted by atomic mass is 10.2. The second kappa shape index (κ2) is 6.56. The predicted molar refractivity (Wildman–Crippen MR) is 88.2 cm³/mol. The van der Waals surface area contributed by atoms with Crippen LogP contribution in [-0.4, -0.2) is 52.9 Å². The topological polar surface area (TPSA) is 54.7 Å². The number of carbonyl (C=O) groups is 1. The second-order valence-electron chi connectivity index (χ2n) is 5.92. The summed E-state index contributed by atoms with van der Waals surface area (Å²) in [7, 11) is 3.54. The largest absolute Gasteiger partial charge is 0.394 e. The number of hydrogen-bond donors (Lipinski definition) is 1. The van der Waals surface area contributed by atoms with Crippen LogP contribution in [0.3, 0.4) is 0 Å². The summed E-state index contributed by atoms with van der Waals surface area (Å²) < 4.78 is 7.26.